The van der Waals surface area contributed by atoms with Gasteiger partial charge < -0.3 is 10.2 Å². The first-order valence-corrected chi connectivity index (χ1v) is 4.77. The molecule has 0 aliphatic heterocycles. The van der Waals surface area contributed by atoms with Crippen LogP contribution in [0.1, 0.15) is 11.1 Å². The average Bonchev–Trinajstić information content (AvgIpc) is 2.63. The van der Waals surface area contributed by atoms with Crippen LogP contribution in [0.5, 0.6) is 0 Å². The molecule has 1 heterocycles. The summed E-state index contributed by atoms with van der Waals surface area (Å²) in [6.07, 6.45) is -2.96. The highest BCUT2D eigenvalue weighted by Crippen LogP contribution is 2.33. The van der Waals surface area contributed by atoms with Crippen LogP contribution in [0.15, 0.2) is 28.8 Å². The second kappa shape index (κ2) is 3.80. The smallest absolute Gasteiger partial charge is 0.416 e. The SMILES string of the molecule is Cc1cc(C(F)(F)F)ccc1-c1cnc(N)o1. The first kappa shape index (κ1) is 11.5. The Hall–Kier alpha value is -1.98. The predicted molar refractivity (Wildman–Crippen MR) is 56.1 cm³/mol. The molecule has 17 heavy (non-hydrogen) atoms. The van der Waals surface area contributed by atoms with Crippen molar-refractivity contribution >= 4 is 6.01 Å². The molecule has 0 spiro atoms. The van der Waals surface area contributed by atoms with Crippen LogP contribution in [-0.4, -0.2) is 4.98 Å². The Bertz CT molecular complexity index is 546. The quantitative estimate of drug-likeness (QED) is 0.835. The molecule has 1 aromatic heterocycles. The lowest BCUT2D eigenvalue weighted by molar-refractivity contribution is -0.137. The number of nitrogens with zero attached hydrogens (tertiary/aromatic N) is 1. The van der Waals surface area contributed by atoms with Gasteiger partial charge >= 0.3 is 6.18 Å². The third-order valence-electron chi connectivity index (χ3n) is 2.34. The number of hydrogen-bond acceptors (Lipinski definition) is 3. The first-order chi connectivity index (χ1) is 7.88. The minimum atomic E-state index is -4.34. The molecule has 6 heteroatoms. The highest BCUT2D eigenvalue weighted by Gasteiger charge is 2.30. The molecule has 0 radical (unpaired) electrons. The van der Waals surface area contributed by atoms with Crippen molar-refractivity contribution in [3.63, 3.8) is 0 Å². The summed E-state index contributed by atoms with van der Waals surface area (Å²) in [6, 6.07) is 3.40. The van der Waals surface area contributed by atoms with E-state index in [0.717, 1.165) is 12.1 Å². The number of alkyl halides is 3. The molecule has 0 unspecified atom stereocenters. The molecular formula is C11H9F3N2O. The van der Waals surface area contributed by atoms with Gasteiger partial charge in [0.25, 0.3) is 6.01 Å². The number of nitrogens with two attached hydrogens (primary N) is 1. The summed E-state index contributed by atoms with van der Waals surface area (Å²) in [5, 5.41) is 0. The lowest BCUT2D eigenvalue weighted by Gasteiger charge is -2.09. The minimum Gasteiger partial charge on any atom is -0.424 e. The minimum absolute atomic E-state index is 0.0145. The molecule has 3 nitrogen and oxygen atoms in total. The highest BCUT2D eigenvalue weighted by atomic mass is 19.4. The Kier molecular flexibility index (Phi) is 2.57. The van der Waals surface area contributed by atoms with Gasteiger partial charge in [0.1, 0.15) is 0 Å². The van der Waals surface area contributed by atoms with Crippen LogP contribution in [0.25, 0.3) is 11.3 Å². The van der Waals surface area contributed by atoms with Gasteiger partial charge in [-0.1, -0.05) is 6.07 Å². The molecule has 0 atom stereocenters. The topological polar surface area (TPSA) is 52.0 Å². The Labute approximate surface area is 95.1 Å². The summed E-state index contributed by atoms with van der Waals surface area (Å²) >= 11 is 0. The molecule has 2 aromatic rings. The van der Waals surface area contributed by atoms with Crippen LogP contribution in [-0.2, 0) is 6.18 Å². The number of hydrogen-bond donors (Lipinski definition) is 1. The highest BCUT2D eigenvalue weighted by molar-refractivity contribution is 5.62. The Morgan fingerprint density at radius 3 is 2.47 bits per heavy atom. The molecular weight excluding hydrogens is 233 g/mol. The van der Waals surface area contributed by atoms with Gasteiger partial charge in [-0.2, -0.15) is 13.2 Å². The van der Waals surface area contributed by atoms with Crippen molar-refractivity contribution in [1.29, 1.82) is 0 Å². The van der Waals surface area contributed by atoms with E-state index in [1.807, 2.05) is 0 Å². The van der Waals surface area contributed by atoms with E-state index < -0.39 is 11.7 Å². The van der Waals surface area contributed by atoms with E-state index in [2.05, 4.69) is 4.98 Å². The zero-order chi connectivity index (χ0) is 12.6. The number of nitrogen functional groups attached to an aromatic ring is 1. The van der Waals surface area contributed by atoms with Crippen LogP contribution < -0.4 is 5.73 Å². The lowest BCUT2D eigenvalue weighted by Crippen LogP contribution is -2.05. The van der Waals surface area contributed by atoms with Crippen molar-refractivity contribution in [3.05, 3.63) is 35.5 Å². The number of aryl methyl sites for hydroxylation is 1. The van der Waals surface area contributed by atoms with Crippen molar-refractivity contribution in [2.45, 2.75) is 13.1 Å². The monoisotopic (exact) mass is 242 g/mol. The van der Waals surface area contributed by atoms with Gasteiger partial charge in [0.15, 0.2) is 5.76 Å². The number of oxazole rings is 1. The van der Waals surface area contributed by atoms with Crippen LogP contribution in [0.2, 0.25) is 0 Å². The molecule has 0 aliphatic carbocycles. The summed E-state index contributed by atoms with van der Waals surface area (Å²) in [6.45, 7) is 1.57. The van der Waals surface area contributed by atoms with Crippen molar-refractivity contribution < 1.29 is 17.6 Å². The van der Waals surface area contributed by atoms with E-state index in [4.69, 9.17) is 10.2 Å². The van der Waals surface area contributed by atoms with Gasteiger partial charge in [-0.15, -0.1) is 0 Å². The molecule has 0 bridgehead atoms. The lowest BCUT2D eigenvalue weighted by atomic mass is 10.0. The third kappa shape index (κ3) is 2.25. The van der Waals surface area contributed by atoms with Gasteiger partial charge in [0.2, 0.25) is 0 Å². The molecule has 0 amide bonds. The maximum Gasteiger partial charge on any atom is 0.416 e. The Morgan fingerprint density at radius 2 is 2.00 bits per heavy atom. The molecule has 2 rings (SSSR count). The van der Waals surface area contributed by atoms with Crippen molar-refractivity contribution in [2.75, 3.05) is 5.73 Å². The van der Waals surface area contributed by atoms with Crippen LogP contribution >= 0.6 is 0 Å². The van der Waals surface area contributed by atoms with Gasteiger partial charge in [0.05, 0.1) is 11.8 Å². The van der Waals surface area contributed by atoms with E-state index in [1.165, 1.54) is 12.3 Å². The summed E-state index contributed by atoms with van der Waals surface area (Å²) < 4.78 is 42.4. The molecule has 2 N–H and O–H groups in total. The molecule has 1 aromatic carbocycles. The number of benzene rings is 1. The zero-order valence-electron chi connectivity index (χ0n) is 8.88. The van der Waals surface area contributed by atoms with Crippen molar-refractivity contribution in [2.24, 2.45) is 0 Å². The van der Waals surface area contributed by atoms with Crippen molar-refractivity contribution in [3.8, 4) is 11.3 Å². The number of aromatic nitrogens is 1. The molecule has 0 saturated heterocycles. The summed E-state index contributed by atoms with van der Waals surface area (Å²) in [7, 11) is 0. The third-order valence-corrected chi connectivity index (χ3v) is 2.34. The molecule has 0 saturated carbocycles. The standard InChI is InChI=1S/C11H9F3N2O/c1-6-4-7(11(12,13)14)2-3-8(6)9-5-16-10(15)17-9/h2-5H,1H3,(H2,15,16). The fourth-order valence-electron chi connectivity index (χ4n) is 1.53. The van der Waals surface area contributed by atoms with Gasteiger partial charge in [-0.25, -0.2) is 4.98 Å². The van der Waals surface area contributed by atoms with E-state index in [-0.39, 0.29) is 6.01 Å². The van der Waals surface area contributed by atoms with E-state index >= 15 is 0 Å². The summed E-state index contributed by atoms with van der Waals surface area (Å²) in [5.41, 5.74) is 5.62. The second-order valence-corrected chi connectivity index (χ2v) is 3.59. The van der Waals surface area contributed by atoms with Crippen LogP contribution in [0, 0.1) is 6.92 Å². The fraction of sp³-hybridized carbons (Fsp3) is 0.182. The maximum atomic E-state index is 12.5. The van der Waals surface area contributed by atoms with Gasteiger partial charge in [-0.05, 0) is 24.6 Å². The van der Waals surface area contributed by atoms with Gasteiger partial charge in [0, 0.05) is 5.56 Å². The average molecular weight is 242 g/mol. The Balaban J connectivity index is 2.45. The zero-order valence-corrected chi connectivity index (χ0v) is 8.88. The van der Waals surface area contributed by atoms with E-state index in [1.54, 1.807) is 6.92 Å². The number of anilines is 1. The summed E-state index contributed by atoms with van der Waals surface area (Å²) in [4.78, 5) is 3.69. The van der Waals surface area contributed by atoms with E-state index in [9.17, 15) is 13.2 Å². The second-order valence-electron chi connectivity index (χ2n) is 3.59. The van der Waals surface area contributed by atoms with Crippen LogP contribution in [0.4, 0.5) is 19.2 Å². The molecule has 0 fully saturated rings. The fourth-order valence-corrected chi connectivity index (χ4v) is 1.53. The number of halogens is 3. The maximum absolute atomic E-state index is 12.5. The van der Waals surface area contributed by atoms with Gasteiger partial charge in [-0.3, -0.25) is 0 Å². The van der Waals surface area contributed by atoms with E-state index in [0.29, 0.717) is 16.9 Å². The Morgan fingerprint density at radius 1 is 1.29 bits per heavy atom. The van der Waals surface area contributed by atoms with Crippen LogP contribution in [0.3, 0.4) is 0 Å². The van der Waals surface area contributed by atoms with Crippen molar-refractivity contribution in [1.82, 2.24) is 4.98 Å². The number of rotatable bonds is 1. The first-order valence-electron chi connectivity index (χ1n) is 4.77. The largest absolute Gasteiger partial charge is 0.424 e. The molecule has 90 valence electrons. The normalized spacial score (nSPS) is 11.8. The predicted octanol–water partition coefficient (Wildman–Crippen LogP) is 3.25. The molecule has 0 aliphatic rings. The summed E-state index contributed by atoms with van der Waals surface area (Å²) in [5.74, 6) is 0.355.